The van der Waals surface area contributed by atoms with Gasteiger partial charge in [-0.05, 0) is 24.3 Å². The average molecular weight is 302 g/mol. The van der Waals surface area contributed by atoms with Crippen LogP contribution in [-0.4, -0.2) is 25.5 Å². The highest BCUT2D eigenvalue weighted by Crippen LogP contribution is 2.15. The van der Waals surface area contributed by atoms with Crippen LogP contribution in [0.5, 0.6) is 0 Å². The van der Waals surface area contributed by atoms with E-state index in [4.69, 9.17) is 11.6 Å². The van der Waals surface area contributed by atoms with Crippen LogP contribution >= 0.6 is 11.6 Å². The number of aromatic nitrogens is 4. The van der Waals surface area contributed by atoms with Crippen molar-refractivity contribution in [2.75, 3.05) is 5.32 Å². The lowest BCUT2D eigenvalue weighted by Gasteiger charge is -2.05. The monoisotopic (exact) mass is 301 g/mol. The van der Waals surface area contributed by atoms with Crippen molar-refractivity contribution in [1.82, 2.24) is 19.6 Å². The number of aryl methyl sites for hydroxylation is 1. The Morgan fingerprint density at radius 2 is 1.90 bits per heavy atom. The van der Waals surface area contributed by atoms with Gasteiger partial charge >= 0.3 is 0 Å². The number of rotatable bonds is 3. The van der Waals surface area contributed by atoms with Gasteiger partial charge in [-0.3, -0.25) is 9.48 Å². The van der Waals surface area contributed by atoms with Gasteiger partial charge in [0.1, 0.15) is 0 Å². The maximum absolute atomic E-state index is 12.0. The molecule has 1 N–H and O–H groups in total. The van der Waals surface area contributed by atoms with Gasteiger partial charge < -0.3 is 5.32 Å². The second-order valence-electron chi connectivity index (χ2n) is 4.51. The molecular formula is C14H12ClN5O. The van der Waals surface area contributed by atoms with Crippen LogP contribution in [0.25, 0.3) is 5.69 Å². The van der Waals surface area contributed by atoms with Gasteiger partial charge in [-0.25, -0.2) is 4.68 Å². The molecule has 0 aliphatic rings. The summed E-state index contributed by atoms with van der Waals surface area (Å²) in [6.45, 7) is 0. The topological polar surface area (TPSA) is 64.7 Å². The van der Waals surface area contributed by atoms with E-state index in [1.54, 1.807) is 47.1 Å². The van der Waals surface area contributed by atoms with Crippen LogP contribution in [0.2, 0.25) is 5.02 Å². The molecule has 2 aromatic heterocycles. The van der Waals surface area contributed by atoms with E-state index in [9.17, 15) is 4.79 Å². The predicted molar refractivity (Wildman–Crippen MR) is 79.7 cm³/mol. The summed E-state index contributed by atoms with van der Waals surface area (Å²) in [6.07, 6.45) is 6.47. The Kier molecular flexibility index (Phi) is 3.45. The molecule has 106 valence electrons. The van der Waals surface area contributed by atoms with Crippen LogP contribution in [0.15, 0.2) is 49.1 Å². The molecule has 0 saturated heterocycles. The van der Waals surface area contributed by atoms with Gasteiger partial charge in [0.05, 0.1) is 28.7 Å². The summed E-state index contributed by atoms with van der Waals surface area (Å²) in [7, 11) is 1.76. The molecular weight excluding hydrogens is 290 g/mol. The van der Waals surface area contributed by atoms with Crippen molar-refractivity contribution in [2.24, 2.45) is 7.05 Å². The molecule has 0 fully saturated rings. The SMILES string of the molecule is Cn1cc(C(=O)Nc2ccc(-n3cc(Cl)cn3)cc2)cn1. The summed E-state index contributed by atoms with van der Waals surface area (Å²) in [5.74, 6) is -0.196. The summed E-state index contributed by atoms with van der Waals surface area (Å²) < 4.78 is 3.24. The first-order chi connectivity index (χ1) is 10.1. The molecule has 0 saturated carbocycles. The van der Waals surface area contributed by atoms with Gasteiger partial charge in [-0.15, -0.1) is 0 Å². The third-order valence-corrected chi connectivity index (χ3v) is 3.10. The lowest BCUT2D eigenvalue weighted by molar-refractivity contribution is 0.102. The zero-order chi connectivity index (χ0) is 14.8. The first-order valence-corrected chi connectivity index (χ1v) is 6.60. The third kappa shape index (κ3) is 2.95. The van der Waals surface area contributed by atoms with Crippen LogP contribution in [0.4, 0.5) is 5.69 Å². The summed E-state index contributed by atoms with van der Waals surface area (Å²) in [6, 6.07) is 7.31. The molecule has 0 atom stereocenters. The molecule has 1 aromatic carbocycles. The summed E-state index contributed by atoms with van der Waals surface area (Å²) in [5, 5.41) is 11.5. The lowest BCUT2D eigenvalue weighted by atomic mass is 10.2. The first kappa shape index (κ1) is 13.4. The molecule has 0 radical (unpaired) electrons. The molecule has 6 nitrogen and oxygen atoms in total. The Morgan fingerprint density at radius 3 is 2.48 bits per heavy atom. The van der Waals surface area contributed by atoms with Crippen molar-refractivity contribution in [3.8, 4) is 5.69 Å². The zero-order valence-electron chi connectivity index (χ0n) is 11.2. The molecule has 0 aliphatic carbocycles. The average Bonchev–Trinajstić information content (AvgIpc) is 3.08. The lowest BCUT2D eigenvalue weighted by Crippen LogP contribution is -2.11. The highest BCUT2D eigenvalue weighted by molar-refractivity contribution is 6.30. The molecule has 0 bridgehead atoms. The number of halogens is 1. The zero-order valence-corrected chi connectivity index (χ0v) is 11.9. The standard InChI is InChI=1S/C14H12ClN5O/c1-19-8-10(6-16-19)14(21)18-12-2-4-13(5-3-12)20-9-11(15)7-17-20/h2-9H,1H3,(H,18,21). The Labute approximate surface area is 126 Å². The van der Waals surface area contributed by atoms with Crippen molar-refractivity contribution in [2.45, 2.75) is 0 Å². The number of anilines is 1. The second-order valence-corrected chi connectivity index (χ2v) is 4.94. The van der Waals surface area contributed by atoms with Crippen LogP contribution in [0, 0.1) is 0 Å². The fraction of sp³-hybridized carbons (Fsp3) is 0.0714. The summed E-state index contributed by atoms with van der Waals surface area (Å²) in [5.41, 5.74) is 2.08. The van der Waals surface area contributed by atoms with Gasteiger partial charge in [-0.1, -0.05) is 11.6 Å². The molecule has 21 heavy (non-hydrogen) atoms. The van der Waals surface area contributed by atoms with Gasteiger partial charge in [0.2, 0.25) is 0 Å². The van der Waals surface area contributed by atoms with E-state index < -0.39 is 0 Å². The van der Waals surface area contributed by atoms with Crippen LogP contribution < -0.4 is 5.32 Å². The number of carbonyl (C=O) groups excluding carboxylic acids is 1. The fourth-order valence-corrected chi connectivity index (χ4v) is 2.02. The van der Waals surface area contributed by atoms with E-state index in [1.165, 1.54) is 6.20 Å². The predicted octanol–water partition coefficient (Wildman–Crippen LogP) is 2.51. The number of hydrogen-bond acceptors (Lipinski definition) is 3. The number of nitrogens with zero attached hydrogens (tertiary/aromatic N) is 4. The minimum atomic E-state index is -0.196. The highest BCUT2D eigenvalue weighted by atomic mass is 35.5. The highest BCUT2D eigenvalue weighted by Gasteiger charge is 2.08. The normalized spacial score (nSPS) is 10.6. The molecule has 1 amide bonds. The van der Waals surface area contributed by atoms with Gasteiger partial charge in [0, 0.05) is 25.1 Å². The minimum absolute atomic E-state index is 0.196. The van der Waals surface area contributed by atoms with E-state index in [0.29, 0.717) is 16.3 Å². The van der Waals surface area contributed by atoms with Crippen molar-refractivity contribution in [3.63, 3.8) is 0 Å². The Morgan fingerprint density at radius 1 is 1.14 bits per heavy atom. The molecule has 3 aromatic rings. The Hall–Kier alpha value is -2.60. The third-order valence-electron chi connectivity index (χ3n) is 2.91. The number of hydrogen-bond donors (Lipinski definition) is 1. The van der Waals surface area contributed by atoms with Gasteiger partial charge in [0.25, 0.3) is 5.91 Å². The van der Waals surface area contributed by atoms with E-state index in [2.05, 4.69) is 15.5 Å². The van der Waals surface area contributed by atoms with Crippen LogP contribution in [0.1, 0.15) is 10.4 Å². The van der Waals surface area contributed by atoms with E-state index in [0.717, 1.165) is 5.69 Å². The molecule has 7 heteroatoms. The van der Waals surface area contributed by atoms with Crippen LogP contribution in [0.3, 0.4) is 0 Å². The van der Waals surface area contributed by atoms with Crippen molar-refractivity contribution in [1.29, 1.82) is 0 Å². The molecule has 0 spiro atoms. The first-order valence-electron chi connectivity index (χ1n) is 6.22. The Bertz CT molecular complexity index is 775. The second kappa shape index (κ2) is 5.41. The molecule has 0 unspecified atom stereocenters. The summed E-state index contributed by atoms with van der Waals surface area (Å²) in [4.78, 5) is 12.0. The van der Waals surface area contributed by atoms with Gasteiger partial charge in [0.15, 0.2) is 0 Å². The minimum Gasteiger partial charge on any atom is -0.322 e. The molecule has 3 rings (SSSR count). The van der Waals surface area contributed by atoms with Crippen LogP contribution in [-0.2, 0) is 7.05 Å². The maximum Gasteiger partial charge on any atom is 0.258 e. The van der Waals surface area contributed by atoms with Gasteiger partial charge in [-0.2, -0.15) is 10.2 Å². The Balaban J connectivity index is 1.74. The van der Waals surface area contributed by atoms with E-state index >= 15 is 0 Å². The molecule has 2 heterocycles. The van der Waals surface area contributed by atoms with Crippen molar-refractivity contribution >= 4 is 23.2 Å². The summed E-state index contributed by atoms with van der Waals surface area (Å²) >= 11 is 5.83. The molecule has 0 aliphatic heterocycles. The van der Waals surface area contributed by atoms with Crippen molar-refractivity contribution < 1.29 is 4.79 Å². The fourth-order valence-electron chi connectivity index (χ4n) is 1.88. The number of carbonyl (C=O) groups is 1. The van der Waals surface area contributed by atoms with E-state index in [-0.39, 0.29) is 5.91 Å². The number of nitrogens with one attached hydrogen (secondary N) is 1. The smallest absolute Gasteiger partial charge is 0.258 e. The maximum atomic E-state index is 12.0. The number of benzene rings is 1. The number of amides is 1. The largest absolute Gasteiger partial charge is 0.322 e. The van der Waals surface area contributed by atoms with E-state index in [1.807, 2.05) is 12.1 Å². The quantitative estimate of drug-likeness (QED) is 0.808. The van der Waals surface area contributed by atoms with Crippen molar-refractivity contribution in [3.05, 3.63) is 59.6 Å².